The van der Waals surface area contributed by atoms with Crippen molar-refractivity contribution in [3.05, 3.63) is 109 Å². The van der Waals surface area contributed by atoms with E-state index in [2.05, 4.69) is 39.6 Å². The van der Waals surface area contributed by atoms with Gasteiger partial charge in [-0.2, -0.15) is 25.8 Å². The Morgan fingerprint density at radius 1 is 0.838 bits per heavy atom. The van der Waals surface area contributed by atoms with Gasteiger partial charge in [0.25, 0.3) is 0 Å². The predicted octanol–water partition coefficient (Wildman–Crippen LogP) is 2.99. The number of aromatic nitrogens is 6. The molecule has 170 valence electrons. The summed E-state index contributed by atoms with van der Waals surface area (Å²) in [4.78, 5) is 37.5. The first-order valence-electron chi connectivity index (χ1n) is 12.3. The molecule has 3 aromatic rings. The number of nitriles is 3. The summed E-state index contributed by atoms with van der Waals surface area (Å²) in [5.74, 6) is -2.23. The summed E-state index contributed by atoms with van der Waals surface area (Å²) in [6.07, 6.45) is -4.83. The standard InChI is InChI=1S/C23H6N12O2/c1-27-21(14-10-29-17(5-26)30-11-14)20-18(15(3-24)12-6-31-22(28-2)32-7-12)19(20)16(4-25)13-8-33-23(34-9-13)35(36)37/h6-11H/b18-15-,19-16+,21-20+/i6D,7D,8D,9D,10D,11D. The molecule has 1 saturated carbocycles. The molecule has 3 heterocycles. The molecule has 0 spiro atoms. The van der Waals surface area contributed by atoms with Crippen LogP contribution in [0.15, 0.2) is 53.8 Å². The molecule has 0 atom stereocenters. The monoisotopic (exact) mass is 488 g/mol. The maximum Gasteiger partial charge on any atom is 0.468 e. The lowest BCUT2D eigenvalue weighted by Gasteiger charge is -1.97. The summed E-state index contributed by atoms with van der Waals surface area (Å²) in [7, 11) is 0. The van der Waals surface area contributed by atoms with E-state index in [-0.39, 0.29) is 16.7 Å². The van der Waals surface area contributed by atoms with Crippen LogP contribution >= 0.6 is 0 Å². The zero-order chi connectivity index (χ0) is 31.7. The van der Waals surface area contributed by atoms with Crippen molar-refractivity contribution >= 4 is 28.7 Å². The first-order chi connectivity index (χ1) is 20.4. The quantitative estimate of drug-likeness (QED) is 0.226. The molecule has 0 aromatic carbocycles. The van der Waals surface area contributed by atoms with Gasteiger partial charge >= 0.3 is 11.9 Å². The van der Waals surface area contributed by atoms with E-state index in [1.807, 2.05) is 0 Å². The molecule has 4 rings (SSSR count). The van der Waals surface area contributed by atoms with Gasteiger partial charge in [-0.3, -0.25) is 0 Å². The number of hydrogen-bond acceptors (Lipinski definition) is 11. The molecule has 14 heteroatoms. The van der Waals surface area contributed by atoms with Crippen LogP contribution in [0.4, 0.5) is 11.9 Å². The van der Waals surface area contributed by atoms with Gasteiger partial charge in [0.15, 0.2) is 0 Å². The van der Waals surface area contributed by atoms with Crippen molar-refractivity contribution in [2.75, 3.05) is 0 Å². The summed E-state index contributed by atoms with van der Waals surface area (Å²) in [6, 6.07) is 5.00. The second-order valence-corrected chi connectivity index (χ2v) is 6.43. The topological polar surface area (TPSA) is 201 Å². The van der Waals surface area contributed by atoms with E-state index < -0.39 is 93.2 Å². The van der Waals surface area contributed by atoms with Gasteiger partial charge in [0, 0.05) is 17.9 Å². The first kappa shape index (κ1) is 16.9. The van der Waals surface area contributed by atoms with E-state index >= 15 is 0 Å². The molecule has 0 saturated heterocycles. The highest BCUT2D eigenvalue weighted by atomic mass is 16.6. The average Bonchev–Trinajstić information content (AvgIpc) is 3.67. The summed E-state index contributed by atoms with van der Waals surface area (Å²) >= 11 is 0. The highest BCUT2D eigenvalue weighted by molar-refractivity contribution is 6.10. The molecule has 0 aliphatic heterocycles. The van der Waals surface area contributed by atoms with E-state index in [9.17, 15) is 20.6 Å². The smallest absolute Gasteiger partial charge is 0.394 e. The van der Waals surface area contributed by atoms with Gasteiger partial charge in [-0.05, 0) is 21.6 Å². The summed E-state index contributed by atoms with van der Waals surface area (Å²) in [5.41, 5.74) is -4.41. The van der Waals surface area contributed by atoms with E-state index in [0.29, 0.717) is 0 Å². The van der Waals surface area contributed by atoms with E-state index in [1.54, 1.807) is 18.2 Å². The van der Waals surface area contributed by atoms with E-state index in [1.165, 1.54) is 0 Å². The Morgan fingerprint density at radius 2 is 1.32 bits per heavy atom. The van der Waals surface area contributed by atoms with Crippen LogP contribution in [-0.2, 0) is 0 Å². The van der Waals surface area contributed by atoms with Gasteiger partial charge in [0.05, 0.1) is 43.9 Å². The van der Waals surface area contributed by atoms with Crippen LogP contribution in [0.5, 0.6) is 0 Å². The van der Waals surface area contributed by atoms with Gasteiger partial charge in [-0.25, -0.2) is 14.8 Å². The Bertz CT molecular complexity index is 1970. The SMILES string of the molecule is [2H]c1nc([N+](=O)[O-])nc([2H])c1/C(C#N)=C1\C(=C(/C#N)c2c([2H])nc([N+]#[C-])nc2[2H])\C1=C(/[N+]#[C-])c1c([2H])nc(C#N)nc1[2H]. The zero-order valence-corrected chi connectivity index (χ0v) is 17.7. The number of nitrogens with zero attached hydrogens (tertiary/aromatic N) is 12. The van der Waals surface area contributed by atoms with Crippen LogP contribution in [-0.4, -0.2) is 34.8 Å². The molecule has 0 N–H and O–H groups in total. The van der Waals surface area contributed by atoms with Crippen LogP contribution in [0.1, 0.15) is 30.7 Å². The third-order valence-corrected chi connectivity index (χ3v) is 4.48. The van der Waals surface area contributed by atoms with Crippen molar-refractivity contribution in [2.24, 2.45) is 0 Å². The summed E-state index contributed by atoms with van der Waals surface area (Å²) < 4.78 is 49.1. The average molecular weight is 488 g/mol. The van der Waals surface area contributed by atoms with Gasteiger partial charge in [-0.1, -0.05) is 9.97 Å². The van der Waals surface area contributed by atoms with Crippen LogP contribution in [0, 0.1) is 57.3 Å². The lowest BCUT2D eigenvalue weighted by molar-refractivity contribution is -0.394. The molecule has 3 aromatic heterocycles. The molecule has 0 unspecified atom stereocenters. The Morgan fingerprint density at radius 3 is 1.73 bits per heavy atom. The molecule has 37 heavy (non-hydrogen) atoms. The molecular weight excluding hydrogens is 476 g/mol. The molecule has 0 amide bonds. The summed E-state index contributed by atoms with van der Waals surface area (Å²) in [5, 5.41) is 40.4. The third-order valence-electron chi connectivity index (χ3n) is 4.48. The number of nitro groups is 1. The Balaban J connectivity index is 2.23. The van der Waals surface area contributed by atoms with Crippen molar-refractivity contribution in [3.63, 3.8) is 0 Å². The predicted molar refractivity (Wildman–Crippen MR) is 122 cm³/mol. The lowest BCUT2D eigenvalue weighted by atomic mass is 10.1. The zero-order valence-electron chi connectivity index (χ0n) is 23.7. The van der Waals surface area contributed by atoms with Crippen LogP contribution in [0.3, 0.4) is 0 Å². The van der Waals surface area contributed by atoms with Crippen molar-refractivity contribution in [2.45, 2.75) is 0 Å². The molecule has 1 fully saturated rings. The normalized spacial score (nSPS) is 17.8. The molecule has 1 aliphatic rings. The number of allylic oxidation sites excluding steroid dienone is 5. The summed E-state index contributed by atoms with van der Waals surface area (Å²) in [6.45, 7) is 14.8. The Kier molecular flexibility index (Phi) is 4.40. The largest absolute Gasteiger partial charge is 0.468 e. The van der Waals surface area contributed by atoms with Crippen molar-refractivity contribution in [3.8, 4) is 18.2 Å². The minimum Gasteiger partial charge on any atom is -0.394 e. The van der Waals surface area contributed by atoms with Gasteiger partial charge < -0.3 is 15.0 Å². The minimum absolute atomic E-state index is 0.313. The fourth-order valence-corrected chi connectivity index (χ4v) is 2.94. The van der Waals surface area contributed by atoms with Crippen LogP contribution < -0.4 is 0 Å². The van der Waals surface area contributed by atoms with Crippen LogP contribution in [0.2, 0.25) is 0 Å². The fraction of sp³-hybridized carbons (Fsp3) is 0. The first-order valence-corrected chi connectivity index (χ1v) is 9.34. The lowest BCUT2D eigenvalue weighted by Crippen LogP contribution is -1.96. The van der Waals surface area contributed by atoms with Gasteiger partial charge in [0.1, 0.15) is 36.0 Å². The van der Waals surface area contributed by atoms with E-state index in [0.717, 1.165) is 0 Å². The van der Waals surface area contributed by atoms with Crippen molar-refractivity contribution in [1.29, 1.82) is 15.8 Å². The van der Waals surface area contributed by atoms with Crippen LogP contribution in [0.25, 0.3) is 26.5 Å². The van der Waals surface area contributed by atoms with E-state index in [4.69, 9.17) is 26.6 Å². The molecular formula is C23H6N12O2. The molecule has 14 nitrogen and oxygen atoms in total. The number of hydrogen-bond donors (Lipinski definition) is 0. The highest BCUT2D eigenvalue weighted by Gasteiger charge is 2.41. The molecule has 0 radical (unpaired) electrons. The van der Waals surface area contributed by atoms with Gasteiger partial charge in [0.2, 0.25) is 11.5 Å². The second-order valence-electron chi connectivity index (χ2n) is 6.43. The third kappa shape index (κ3) is 4.30. The highest BCUT2D eigenvalue weighted by Crippen LogP contribution is 2.56. The van der Waals surface area contributed by atoms with Gasteiger partial charge in [-0.15, -0.1) is 6.57 Å². The minimum atomic E-state index is -1.11. The Hall–Kier alpha value is -6.69. The maximum atomic E-state index is 11.1. The molecule has 0 bridgehead atoms. The fourth-order valence-electron chi connectivity index (χ4n) is 2.94. The Labute approximate surface area is 215 Å². The van der Waals surface area contributed by atoms with Crippen molar-refractivity contribution in [1.82, 2.24) is 29.9 Å². The number of rotatable bonds is 4. The second kappa shape index (κ2) is 9.66. The maximum absolute atomic E-state index is 11.1. The molecule has 1 aliphatic carbocycles. The van der Waals surface area contributed by atoms with Crippen molar-refractivity contribution < 1.29 is 13.1 Å².